The van der Waals surface area contributed by atoms with Crippen LogP contribution in [0.4, 0.5) is 0 Å². The van der Waals surface area contributed by atoms with Crippen LogP contribution < -0.4 is 10.0 Å². The molecule has 4 nitrogen and oxygen atoms in total. The molecule has 19 heavy (non-hydrogen) atoms. The van der Waals surface area contributed by atoms with Crippen LogP contribution in [0.15, 0.2) is 18.2 Å². The summed E-state index contributed by atoms with van der Waals surface area (Å²) in [7, 11) is -3.22. The number of hydrogen-bond donors (Lipinski definition) is 2. The maximum Gasteiger partial charge on any atom is 0.212 e. The fourth-order valence-corrected chi connectivity index (χ4v) is 3.90. The molecule has 2 N–H and O–H groups in total. The lowest BCUT2D eigenvalue weighted by Crippen LogP contribution is -2.32. The molecule has 0 unspecified atom stereocenters. The molecule has 0 atom stereocenters. The molecular formula is C14H22N2O2S. The Kier molecular flexibility index (Phi) is 3.99. The number of nitrogens with one attached hydrogen (secondary N) is 2. The smallest absolute Gasteiger partial charge is 0.212 e. The van der Waals surface area contributed by atoms with Crippen molar-refractivity contribution in [1.82, 2.24) is 10.0 Å². The van der Waals surface area contributed by atoms with Crippen LogP contribution in [0.1, 0.15) is 37.5 Å². The van der Waals surface area contributed by atoms with Crippen LogP contribution in [-0.4, -0.2) is 14.2 Å². The average Bonchev–Trinajstić information content (AvgIpc) is 2.70. The third kappa shape index (κ3) is 4.30. The maximum absolute atomic E-state index is 11.9. The molecule has 0 saturated heterocycles. The molecule has 0 amide bonds. The van der Waals surface area contributed by atoms with Crippen molar-refractivity contribution in [3.63, 3.8) is 0 Å². The van der Waals surface area contributed by atoms with Crippen molar-refractivity contribution >= 4 is 10.0 Å². The second kappa shape index (κ2) is 5.23. The molecule has 0 spiro atoms. The first-order valence-corrected chi connectivity index (χ1v) is 8.19. The number of hydrogen-bond acceptors (Lipinski definition) is 3. The number of benzene rings is 1. The highest BCUT2D eigenvalue weighted by atomic mass is 32.2. The fraction of sp³-hybridized carbons (Fsp3) is 0.571. The first kappa shape index (κ1) is 14.5. The third-order valence-corrected chi connectivity index (χ3v) is 4.85. The Labute approximate surface area is 115 Å². The molecule has 0 bridgehead atoms. The van der Waals surface area contributed by atoms with E-state index in [-0.39, 0.29) is 11.2 Å². The van der Waals surface area contributed by atoms with Crippen molar-refractivity contribution < 1.29 is 8.42 Å². The first-order chi connectivity index (χ1) is 8.75. The van der Waals surface area contributed by atoms with E-state index in [2.05, 4.69) is 22.2 Å². The molecule has 0 aromatic heterocycles. The Morgan fingerprint density at radius 2 is 1.89 bits per heavy atom. The molecule has 1 heterocycles. The van der Waals surface area contributed by atoms with E-state index < -0.39 is 10.0 Å². The minimum atomic E-state index is -3.22. The van der Waals surface area contributed by atoms with Crippen LogP contribution in [0.25, 0.3) is 0 Å². The van der Waals surface area contributed by atoms with E-state index in [1.807, 2.05) is 26.8 Å². The normalized spacial score (nSPS) is 15.5. The minimum Gasteiger partial charge on any atom is -0.309 e. The quantitative estimate of drug-likeness (QED) is 0.884. The number of sulfonamides is 1. The van der Waals surface area contributed by atoms with Gasteiger partial charge in [-0.1, -0.05) is 39.0 Å². The van der Waals surface area contributed by atoms with Gasteiger partial charge in [-0.3, -0.25) is 0 Å². The van der Waals surface area contributed by atoms with Gasteiger partial charge in [0, 0.05) is 19.6 Å². The second-order valence-corrected chi connectivity index (χ2v) is 8.15. The summed E-state index contributed by atoms with van der Waals surface area (Å²) in [5, 5.41) is 3.28. The van der Waals surface area contributed by atoms with Gasteiger partial charge < -0.3 is 5.32 Å². The van der Waals surface area contributed by atoms with E-state index in [4.69, 9.17) is 0 Å². The Balaban J connectivity index is 1.99. The highest BCUT2D eigenvalue weighted by molar-refractivity contribution is 7.89. The Morgan fingerprint density at radius 1 is 1.21 bits per heavy atom. The van der Waals surface area contributed by atoms with Crippen LogP contribution in [-0.2, 0) is 29.7 Å². The van der Waals surface area contributed by atoms with Gasteiger partial charge in [0.05, 0.1) is 5.75 Å². The molecule has 0 aliphatic carbocycles. The molecule has 0 radical (unpaired) electrons. The largest absolute Gasteiger partial charge is 0.309 e. The molecule has 1 aliphatic heterocycles. The Morgan fingerprint density at radius 3 is 2.58 bits per heavy atom. The molecule has 1 aromatic carbocycles. The molecule has 5 heteroatoms. The third-order valence-electron chi connectivity index (χ3n) is 3.02. The average molecular weight is 282 g/mol. The first-order valence-electron chi connectivity index (χ1n) is 6.54. The predicted molar refractivity (Wildman–Crippen MR) is 77.1 cm³/mol. The van der Waals surface area contributed by atoms with E-state index in [1.54, 1.807) is 0 Å². The lowest BCUT2D eigenvalue weighted by molar-refractivity contribution is 0.458. The lowest BCUT2D eigenvalue weighted by Gasteiger charge is -2.18. The van der Waals surface area contributed by atoms with E-state index >= 15 is 0 Å². The van der Waals surface area contributed by atoms with E-state index in [0.29, 0.717) is 6.54 Å². The molecule has 0 fully saturated rings. The SMILES string of the molecule is CC(C)(C)CS(=O)(=O)NCc1ccc2c(c1)CNC2. The van der Waals surface area contributed by atoms with Crippen molar-refractivity contribution in [3.05, 3.63) is 34.9 Å². The number of fused-ring (bicyclic) bond motifs is 1. The van der Waals surface area contributed by atoms with Gasteiger partial charge in [0.25, 0.3) is 0 Å². The molecule has 106 valence electrons. The summed E-state index contributed by atoms with van der Waals surface area (Å²) >= 11 is 0. The van der Waals surface area contributed by atoms with Crippen molar-refractivity contribution in [2.24, 2.45) is 5.41 Å². The van der Waals surface area contributed by atoms with E-state index in [1.165, 1.54) is 11.1 Å². The molecule has 2 rings (SSSR count). The Hall–Kier alpha value is -0.910. The van der Waals surface area contributed by atoms with Gasteiger partial charge >= 0.3 is 0 Å². The van der Waals surface area contributed by atoms with Gasteiger partial charge in [-0.05, 0) is 22.1 Å². The zero-order valence-corrected chi connectivity index (χ0v) is 12.6. The van der Waals surface area contributed by atoms with Gasteiger partial charge in [0.15, 0.2) is 0 Å². The van der Waals surface area contributed by atoms with Gasteiger partial charge in [-0.25, -0.2) is 13.1 Å². The topological polar surface area (TPSA) is 58.2 Å². The summed E-state index contributed by atoms with van der Waals surface area (Å²) < 4.78 is 26.5. The van der Waals surface area contributed by atoms with Gasteiger partial charge in [0.1, 0.15) is 0 Å². The number of rotatable bonds is 4. The maximum atomic E-state index is 11.9. The predicted octanol–water partition coefficient (Wildman–Crippen LogP) is 1.76. The minimum absolute atomic E-state index is 0.145. The standard InChI is InChI=1S/C14H22N2O2S/c1-14(2,3)10-19(17,18)16-7-11-4-5-12-8-15-9-13(12)6-11/h4-6,15-16H,7-10H2,1-3H3. The highest BCUT2D eigenvalue weighted by Gasteiger charge is 2.21. The highest BCUT2D eigenvalue weighted by Crippen LogP contribution is 2.18. The van der Waals surface area contributed by atoms with Crippen molar-refractivity contribution in [1.29, 1.82) is 0 Å². The van der Waals surface area contributed by atoms with Crippen LogP contribution >= 0.6 is 0 Å². The van der Waals surface area contributed by atoms with Crippen LogP contribution in [0.5, 0.6) is 0 Å². The lowest BCUT2D eigenvalue weighted by atomic mass is 10.0. The van der Waals surface area contributed by atoms with Gasteiger partial charge in [-0.15, -0.1) is 0 Å². The summed E-state index contributed by atoms with van der Waals surface area (Å²) in [5.74, 6) is 0.145. The van der Waals surface area contributed by atoms with Crippen molar-refractivity contribution in [2.45, 2.75) is 40.4 Å². The summed E-state index contributed by atoms with van der Waals surface area (Å²) in [4.78, 5) is 0. The van der Waals surface area contributed by atoms with E-state index in [9.17, 15) is 8.42 Å². The van der Waals surface area contributed by atoms with Crippen LogP contribution in [0.3, 0.4) is 0 Å². The molecule has 1 aromatic rings. The molecule has 1 aliphatic rings. The van der Waals surface area contributed by atoms with Crippen LogP contribution in [0.2, 0.25) is 0 Å². The summed E-state index contributed by atoms with van der Waals surface area (Å²) in [6, 6.07) is 6.14. The van der Waals surface area contributed by atoms with Crippen molar-refractivity contribution in [3.8, 4) is 0 Å². The summed E-state index contributed by atoms with van der Waals surface area (Å²) in [5.41, 5.74) is 3.36. The fourth-order valence-electron chi connectivity index (χ4n) is 2.27. The zero-order chi connectivity index (χ0) is 14.1. The van der Waals surface area contributed by atoms with E-state index in [0.717, 1.165) is 18.7 Å². The molecular weight excluding hydrogens is 260 g/mol. The second-order valence-electron chi connectivity index (χ2n) is 6.35. The van der Waals surface area contributed by atoms with Gasteiger partial charge in [0.2, 0.25) is 10.0 Å². The van der Waals surface area contributed by atoms with Crippen molar-refractivity contribution in [2.75, 3.05) is 5.75 Å². The molecule has 0 saturated carbocycles. The zero-order valence-electron chi connectivity index (χ0n) is 11.8. The van der Waals surface area contributed by atoms with Crippen LogP contribution in [0, 0.1) is 5.41 Å². The summed E-state index contributed by atoms with van der Waals surface area (Å²) in [6.45, 7) is 7.92. The summed E-state index contributed by atoms with van der Waals surface area (Å²) in [6.07, 6.45) is 0. The monoisotopic (exact) mass is 282 g/mol. The Bertz CT molecular complexity index is 559. The van der Waals surface area contributed by atoms with Gasteiger partial charge in [-0.2, -0.15) is 0 Å².